The Morgan fingerprint density at radius 3 is 1.85 bits per heavy atom. The Kier molecular flexibility index (Phi) is 21.3. The van der Waals surface area contributed by atoms with Gasteiger partial charge in [-0.15, -0.1) is 0 Å². The lowest BCUT2D eigenvalue weighted by Gasteiger charge is -2.29. The molecule has 1 fully saturated rings. The van der Waals surface area contributed by atoms with Crippen LogP contribution in [-0.4, -0.2) is 155 Å². The zero-order valence-electron chi connectivity index (χ0n) is 32.9. The molecule has 0 bridgehead atoms. The minimum Gasteiger partial charge on any atom is -0.481 e. The summed E-state index contributed by atoms with van der Waals surface area (Å²) in [5.74, 6) is -10.3. The molecule has 0 aliphatic carbocycles. The number of nitrogens with two attached hydrogens (primary N) is 4. The van der Waals surface area contributed by atoms with E-state index in [0.717, 1.165) is 4.90 Å². The molecule has 7 unspecified atom stereocenters. The molecule has 0 aromatic rings. The number of carboxylic acid groups (broad SMARTS) is 2. The maximum absolute atomic E-state index is 13.6. The van der Waals surface area contributed by atoms with Gasteiger partial charge in [-0.3, -0.25) is 57.7 Å². The first-order valence-corrected chi connectivity index (χ1v) is 18.4. The largest absolute Gasteiger partial charge is 0.481 e. The maximum Gasteiger partial charge on any atom is 0.322 e. The molecule has 1 saturated heterocycles. The zero-order valence-corrected chi connectivity index (χ0v) is 32.9. The standard InChI is InChI=1S/C33H55N13O13/c1-15(41-28(55)17(3)42-30(57)19(6-4-10-38-33(36)37)45-29(56)18(34)12-24(49)50)26(53)39-13-23(48)44-20(8-9-22(35)47)32(59)46-11-5-7-21(46)31(58)43-16(2)27(54)40-14-25(51)52/h15-21H,4-14,34H2,1-3H3,(H2,35,47)(H,39,53)(H,40,54)(H,41,55)(H,42,57)(H,43,58)(H,44,48)(H,45,56)(H,49,50)(H,51,52)(H4,36,37,38). The Balaban J connectivity index is 2.86. The van der Waals surface area contributed by atoms with Crippen molar-refractivity contribution >= 4 is 71.1 Å². The third-order valence-corrected chi connectivity index (χ3v) is 8.55. The maximum atomic E-state index is 13.6. The third kappa shape index (κ3) is 18.9. The van der Waals surface area contributed by atoms with Crippen molar-refractivity contribution < 1.29 is 63.0 Å². The van der Waals surface area contributed by atoms with E-state index in [1.54, 1.807) is 0 Å². The number of nitrogens with one attached hydrogen (secondary N) is 7. The molecule has 0 aromatic heterocycles. The van der Waals surface area contributed by atoms with Gasteiger partial charge in [0.25, 0.3) is 0 Å². The second kappa shape index (κ2) is 24.9. The van der Waals surface area contributed by atoms with Gasteiger partial charge in [0.2, 0.25) is 53.2 Å². The third-order valence-electron chi connectivity index (χ3n) is 8.55. The van der Waals surface area contributed by atoms with Gasteiger partial charge in [0.15, 0.2) is 5.96 Å². The van der Waals surface area contributed by atoms with Gasteiger partial charge in [0.05, 0.1) is 19.0 Å². The highest BCUT2D eigenvalue weighted by Crippen LogP contribution is 2.20. The molecular formula is C33H55N13O13. The van der Waals surface area contributed by atoms with Crippen molar-refractivity contribution in [2.45, 2.75) is 108 Å². The smallest absolute Gasteiger partial charge is 0.322 e. The summed E-state index contributed by atoms with van der Waals surface area (Å²) in [7, 11) is 0. The molecule has 17 N–H and O–H groups in total. The lowest BCUT2D eigenvalue weighted by Crippen LogP contribution is -2.57. The normalized spacial score (nSPS) is 16.3. The van der Waals surface area contributed by atoms with Gasteiger partial charge in [0.1, 0.15) is 42.8 Å². The monoisotopic (exact) mass is 841 g/mol. The first-order chi connectivity index (χ1) is 27.5. The van der Waals surface area contributed by atoms with E-state index >= 15 is 0 Å². The molecule has 0 aromatic carbocycles. The van der Waals surface area contributed by atoms with Gasteiger partial charge in [-0.1, -0.05) is 0 Å². The summed E-state index contributed by atoms with van der Waals surface area (Å²) < 4.78 is 0. The van der Waals surface area contributed by atoms with Gasteiger partial charge < -0.3 is 75.3 Å². The quantitative estimate of drug-likeness (QED) is 0.0231. The topological polar surface area (TPSA) is 432 Å². The fourth-order valence-corrected chi connectivity index (χ4v) is 5.42. The number of carboxylic acids is 2. The molecule has 0 spiro atoms. The second-order valence-corrected chi connectivity index (χ2v) is 13.5. The molecule has 0 saturated carbocycles. The minimum atomic E-state index is -1.48. The molecule has 1 heterocycles. The number of likely N-dealkylation sites (tertiary alicyclic amines) is 1. The van der Waals surface area contributed by atoms with E-state index in [9.17, 15) is 52.7 Å². The SMILES string of the molecule is CC(NC(=O)C(C)NC(=O)C(CCCN=C(N)N)NC(=O)C(N)CC(=O)O)C(=O)NCC(=O)NC(CCC(N)=O)C(=O)N1CCCC1C(=O)NC(C)C(=O)NCC(=O)O. The van der Waals surface area contributed by atoms with Crippen LogP contribution in [0, 0.1) is 0 Å². The fraction of sp³-hybridized carbons (Fsp3) is 0.636. The van der Waals surface area contributed by atoms with Crippen LogP contribution in [0.3, 0.4) is 0 Å². The molecule has 59 heavy (non-hydrogen) atoms. The summed E-state index contributed by atoms with van der Waals surface area (Å²) in [6.45, 7) is 2.64. The summed E-state index contributed by atoms with van der Waals surface area (Å²) in [6.07, 6.45) is -0.599. The Morgan fingerprint density at radius 1 is 0.695 bits per heavy atom. The molecule has 26 nitrogen and oxygen atoms in total. The highest BCUT2D eigenvalue weighted by molar-refractivity contribution is 5.97. The van der Waals surface area contributed by atoms with E-state index in [1.165, 1.54) is 20.8 Å². The van der Waals surface area contributed by atoms with E-state index in [0.29, 0.717) is 6.42 Å². The minimum absolute atomic E-state index is 0.0385. The average molecular weight is 842 g/mol. The summed E-state index contributed by atoms with van der Waals surface area (Å²) in [5.41, 5.74) is 21.5. The van der Waals surface area contributed by atoms with Crippen molar-refractivity contribution in [1.29, 1.82) is 0 Å². The molecule has 1 rings (SSSR count). The Bertz CT molecular complexity index is 1620. The number of nitrogens with zero attached hydrogens (tertiary/aromatic N) is 2. The number of carbonyl (C=O) groups excluding carboxylic acids is 9. The Morgan fingerprint density at radius 2 is 1.27 bits per heavy atom. The van der Waals surface area contributed by atoms with Crippen LogP contribution in [0.4, 0.5) is 0 Å². The van der Waals surface area contributed by atoms with Crippen LogP contribution < -0.4 is 60.2 Å². The van der Waals surface area contributed by atoms with Gasteiger partial charge in [-0.05, 0) is 52.9 Å². The number of hydrogen-bond acceptors (Lipinski definition) is 13. The van der Waals surface area contributed by atoms with Crippen molar-refractivity contribution in [3.05, 3.63) is 0 Å². The number of amides is 9. The van der Waals surface area contributed by atoms with Crippen molar-refractivity contribution in [2.24, 2.45) is 27.9 Å². The number of rotatable bonds is 25. The first-order valence-electron chi connectivity index (χ1n) is 18.4. The number of aliphatic carboxylic acids is 2. The summed E-state index contributed by atoms with van der Waals surface area (Å²) in [4.78, 5) is 141. The van der Waals surface area contributed by atoms with Crippen molar-refractivity contribution in [3.8, 4) is 0 Å². The van der Waals surface area contributed by atoms with Gasteiger partial charge in [-0.25, -0.2) is 0 Å². The van der Waals surface area contributed by atoms with E-state index < -0.39 is 127 Å². The first kappa shape index (κ1) is 50.4. The van der Waals surface area contributed by atoms with Crippen LogP contribution in [0.5, 0.6) is 0 Å². The number of carbonyl (C=O) groups is 11. The number of hydrogen-bond donors (Lipinski definition) is 13. The Labute approximate surface area is 338 Å². The molecule has 7 atom stereocenters. The molecule has 9 amide bonds. The summed E-state index contributed by atoms with van der Waals surface area (Å²) in [6, 6.07) is -8.90. The number of aliphatic imine (C=N–C) groups is 1. The number of primary amides is 1. The van der Waals surface area contributed by atoms with Crippen molar-refractivity contribution in [3.63, 3.8) is 0 Å². The molecule has 26 heteroatoms. The van der Waals surface area contributed by atoms with Gasteiger partial charge in [-0.2, -0.15) is 0 Å². The molecule has 1 aliphatic rings. The van der Waals surface area contributed by atoms with Crippen molar-refractivity contribution in [1.82, 2.24) is 42.1 Å². The number of guanidine groups is 1. The highest BCUT2D eigenvalue weighted by atomic mass is 16.4. The van der Waals surface area contributed by atoms with Crippen molar-refractivity contribution in [2.75, 3.05) is 26.2 Å². The van der Waals surface area contributed by atoms with Gasteiger partial charge >= 0.3 is 11.9 Å². The lowest BCUT2D eigenvalue weighted by atomic mass is 10.1. The van der Waals surface area contributed by atoms with Crippen LogP contribution >= 0.6 is 0 Å². The van der Waals surface area contributed by atoms with Gasteiger partial charge in [0, 0.05) is 19.5 Å². The predicted molar refractivity (Wildman–Crippen MR) is 204 cm³/mol. The van der Waals surface area contributed by atoms with Crippen LogP contribution in [0.25, 0.3) is 0 Å². The molecule has 0 radical (unpaired) electrons. The van der Waals surface area contributed by atoms with Crippen LogP contribution in [0.15, 0.2) is 4.99 Å². The molecule has 1 aliphatic heterocycles. The predicted octanol–water partition coefficient (Wildman–Crippen LogP) is -7.10. The molecular weight excluding hydrogens is 786 g/mol. The zero-order chi connectivity index (χ0) is 45.0. The van der Waals surface area contributed by atoms with Crippen LogP contribution in [0.1, 0.15) is 65.7 Å². The van der Waals surface area contributed by atoms with Crippen LogP contribution in [-0.2, 0) is 52.7 Å². The van der Waals surface area contributed by atoms with Crippen LogP contribution in [0.2, 0.25) is 0 Å². The average Bonchev–Trinajstić information content (AvgIpc) is 3.65. The summed E-state index contributed by atoms with van der Waals surface area (Å²) >= 11 is 0. The fourth-order valence-electron chi connectivity index (χ4n) is 5.42. The lowest BCUT2D eigenvalue weighted by molar-refractivity contribution is -0.142. The van der Waals surface area contributed by atoms with E-state index in [-0.39, 0.29) is 51.2 Å². The second-order valence-electron chi connectivity index (χ2n) is 13.5. The highest BCUT2D eigenvalue weighted by Gasteiger charge is 2.38. The van der Waals surface area contributed by atoms with E-state index in [2.05, 4.69) is 42.2 Å². The Hall–Kier alpha value is -6.60. The molecule has 330 valence electrons. The summed E-state index contributed by atoms with van der Waals surface area (Å²) in [5, 5.41) is 34.0. The van der Waals surface area contributed by atoms with E-state index in [4.69, 9.17) is 33.1 Å². The van der Waals surface area contributed by atoms with E-state index in [1.807, 2.05) is 0 Å².